The number of hydrogen-bond acceptors (Lipinski definition) is 8. The highest BCUT2D eigenvalue weighted by Gasteiger charge is 2.17. The second kappa shape index (κ2) is 11.7. The van der Waals surface area contributed by atoms with Gasteiger partial charge in [-0.1, -0.05) is 18.2 Å². The van der Waals surface area contributed by atoms with Crippen molar-refractivity contribution in [1.82, 2.24) is 10.2 Å². The number of amides is 1. The first-order valence-electron chi connectivity index (χ1n) is 10.9. The lowest BCUT2D eigenvalue weighted by Crippen LogP contribution is -2.13. The molecule has 0 aliphatic rings. The first-order chi connectivity index (χ1) is 17.1. The summed E-state index contributed by atoms with van der Waals surface area (Å²) >= 11 is 1.51. The number of aromatic nitrogens is 2. The van der Waals surface area contributed by atoms with Crippen molar-refractivity contribution in [3.8, 4) is 17.0 Å². The summed E-state index contributed by atoms with van der Waals surface area (Å²) in [6, 6.07) is 14.0. The van der Waals surface area contributed by atoms with Crippen LogP contribution in [0.5, 0.6) is 5.75 Å². The van der Waals surface area contributed by atoms with Crippen LogP contribution in [0.1, 0.15) is 5.56 Å². The Labute approximate surface area is 205 Å². The number of nitrogens with one attached hydrogen (secondary N) is 1. The summed E-state index contributed by atoms with van der Waals surface area (Å²) in [5.74, 6) is 0.0685. The minimum atomic E-state index is -0.519. The fourth-order valence-corrected chi connectivity index (χ4v) is 4.38. The Morgan fingerprint density at radius 1 is 1.09 bits per heavy atom. The van der Waals surface area contributed by atoms with Gasteiger partial charge in [-0.2, -0.15) is 0 Å². The Bertz CT molecular complexity index is 1310. The van der Waals surface area contributed by atoms with Gasteiger partial charge in [0, 0.05) is 18.1 Å². The second-order valence-electron chi connectivity index (χ2n) is 7.59. The zero-order valence-electron chi connectivity index (χ0n) is 19.1. The van der Waals surface area contributed by atoms with Crippen LogP contribution < -0.4 is 15.8 Å². The first kappa shape index (κ1) is 24.5. The molecule has 1 amide bonds. The van der Waals surface area contributed by atoms with Gasteiger partial charge in [-0.15, -0.1) is 21.5 Å². The fraction of sp³-hybridized carbons (Fsp3) is 0.240. The molecule has 8 nitrogen and oxygen atoms in total. The summed E-state index contributed by atoms with van der Waals surface area (Å²) in [6.45, 7) is 1.85. The molecule has 0 bridgehead atoms. The molecular weight excluding hydrogens is 471 g/mol. The Morgan fingerprint density at radius 2 is 1.91 bits per heavy atom. The van der Waals surface area contributed by atoms with E-state index in [9.17, 15) is 9.18 Å². The van der Waals surface area contributed by atoms with Gasteiger partial charge in [0.1, 0.15) is 23.9 Å². The summed E-state index contributed by atoms with van der Waals surface area (Å²) in [5.41, 5.74) is 7.41. The molecule has 0 aliphatic carbocycles. The molecule has 3 N–H and O–H groups in total. The lowest BCUT2D eigenvalue weighted by molar-refractivity contribution is -0.117. The third kappa shape index (κ3) is 6.10. The summed E-state index contributed by atoms with van der Waals surface area (Å²) in [6.07, 6.45) is -0.0265. The summed E-state index contributed by atoms with van der Waals surface area (Å²) in [4.78, 5) is 11.1. The van der Waals surface area contributed by atoms with Gasteiger partial charge in [-0.05, 0) is 41.3 Å². The molecule has 2 heterocycles. The average Bonchev–Trinajstić information content (AvgIpc) is 3.34. The number of carbonyl (C=O) groups excluding carboxylic acids is 1. The number of thiophene rings is 1. The Balaban J connectivity index is 1.56. The summed E-state index contributed by atoms with van der Waals surface area (Å²) in [7, 11) is 1.63. The minimum absolute atomic E-state index is 0.0265. The fourth-order valence-electron chi connectivity index (χ4n) is 3.49. The highest BCUT2D eigenvalue weighted by Crippen LogP contribution is 2.38. The molecule has 2 aromatic heterocycles. The van der Waals surface area contributed by atoms with Gasteiger partial charge in [0.2, 0.25) is 5.91 Å². The number of fused-ring (bicyclic) bond motifs is 1. The van der Waals surface area contributed by atoms with Crippen molar-refractivity contribution >= 4 is 38.8 Å². The Morgan fingerprint density at radius 3 is 2.71 bits per heavy atom. The van der Waals surface area contributed by atoms with E-state index in [-0.39, 0.29) is 12.1 Å². The van der Waals surface area contributed by atoms with E-state index < -0.39 is 11.7 Å². The van der Waals surface area contributed by atoms with E-state index in [1.807, 2.05) is 35.7 Å². The van der Waals surface area contributed by atoms with Crippen LogP contribution in [0.25, 0.3) is 21.3 Å². The van der Waals surface area contributed by atoms with Gasteiger partial charge < -0.3 is 25.3 Å². The van der Waals surface area contributed by atoms with Crippen molar-refractivity contribution in [2.24, 2.45) is 5.73 Å². The van der Waals surface area contributed by atoms with Crippen LogP contribution in [0.3, 0.4) is 0 Å². The van der Waals surface area contributed by atoms with Gasteiger partial charge in [-0.3, -0.25) is 4.79 Å². The standard InChI is InChI=1S/C25H25FN4O4S/c1-32-9-10-33-11-12-34-21-5-3-2-4-17(21)23-24-18(8-13-35-24)25(30-29-23)28-20-7-6-16(14-19(20)26)15-22(27)31/h2-8,13-14H,9-12,15H2,1H3,(H2,27,31)(H,28,30). The number of methoxy groups -OCH3 is 1. The number of halogens is 1. The smallest absolute Gasteiger partial charge is 0.221 e. The van der Waals surface area contributed by atoms with Gasteiger partial charge in [0.15, 0.2) is 5.82 Å². The lowest BCUT2D eigenvalue weighted by atomic mass is 10.1. The zero-order chi connectivity index (χ0) is 24.6. The maximum atomic E-state index is 14.6. The van der Waals surface area contributed by atoms with Crippen LogP contribution in [-0.2, 0) is 20.7 Å². The zero-order valence-corrected chi connectivity index (χ0v) is 19.9. The van der Waals surface area contributed by atoms with Crippen LogP contribution >= 0.6 is 11.3 Å². The first-order valence-corrected chi connectivity index (χ1v) is 11.8. The minimum Gasteiger partial charge on any atom is -0.490 e. The highest BCUT2D eigenvalue weighted by atomic mass is 32.1. The predicted molar refractivity (Wildman–Crippen MR) is 134 cm³/mol. The van der Waals surface area contributed by atoms with E-state index >= 15 is 0 Å². The largest absolute Gasteiger partial charge is 0.490 e. The van der Waals surface area contributed by atoms with E-state index in [0.29, 0.717) is 49.3 Å². The van der Waals surface area contributed by atoms with Crippen molar-refractivity contribution < 1.29 is 23.4 Å². The van der Waals surface area contributed by atoms with Crippen LogP contribution in [0.4, 0.5) is 15.9 Å². The number of para-hydroxylation sites is 1. The van der Waals surface area contributed by atoms with Gasteiger partial charge in [0.25, 0.3) is 0 Å². The second-order valence-corrected chi connectivity index (χ2v) is 8.51. The lowest BCUT2D eigenvalue weighted by Gasteiger charge is -2.13. The number of nitrogens with two attached hydrogens (primary N) is 1. The molecule has 0 atom stereocenters. The molecule has 2 aromatic carbocycles. The number of ether oxygens (including phenoxy) is 3. The van der Waals surface area contributed by atoms with E-state index in [2.05, 4.69) is 15.5 Å². The van der Waals surface area contributed by atoms with E-state index in [1.165, 1.54) is 17.4 Å². The molecular formula is C25H25FN4O4S. The van der Waals surface area contributed by atoms with Crippen LogP contribution in [0.15, 0.2) is 53.9 Å². The normalized spacial score (nSPS) is 11.0. The third-order valence-corrected chi connectivity index (χ3v) is 6.03. The molecule has 0 aliphatic heterocycles. The summed E-state index contributed by atoms with van der Waals surface area (Å²) < 4.78 is 31.9. The summed E-state index contributed by atoms with van der Waals surface area (Å²) in [5, 5.41) is 14.5. The maximum Gasteiger partial charge on any atom is 0.221 e. The topological polar surface area (TPSA) is 109 Å². The molecule has 0 spiro atoms. The number of hydrogen-bond donors (Lipinski definition) is 2. The van der Waals surface area contributed by atoms with E-state index in [1.54, 1.807) is 19.2 Å². The number of benzene rings is 2. The molecule has 0 unspecified atom stereocenters. The maximum absolute atomic E-state index is 14.6. The van der Waals surface area contributed by atoms with Crippen molar-refractivity contribution in [2.75, 3.05) is 38.9 Å². The highest BCUT2D eigenvalue weighted by molar-refractivity contribution is 7.17. The van der Waals surface area contributed by atoms with Gasteiger partial charge in [0.05, 0.1) is 36.6 Å². The molecule has 35 heavy (non-hydrogen) atoms. The number of carbonyl (C=O) groups is 1. The molecule has 0 saturated heterocycles. The Hall–Kier alpha value is -3.60. The van der Waals surface area contributed by atoms with Gasteiger partial charge in [-0.25, -0.2) is 4.39 Å². The Kier molecular flexibility index (Phi) is 8.19. The van der Waals surface area contributed by atoms with Crippen LogP contribution in [0, 0.1) is 5.82 Å². The van der Waals surface area contributed by atoms with Crippen molar-refractivity contribution in [3.63, 3.8) is 0 Å². The predicted octanol–water partition coefficient (Wildman–Crippen LogP) is 4.31. The average molecular weight is 497 g/mol. The SMILES string of the molecule is COCCOCCOc1ccccc1-c1nnc(Nc2ccc(CC(N)=O)cc2F)c2ccsc12. The molecule has 4 aromatic rings. The molecule has 0 radical (unpaired) electrons. The molecule has 182 valence electrons. The number of anilines is 2. The van der Waals surface area contributed by atoms with E-state index in [0.717, 1.165) is 15.6 Å². The number of rotatable bonds is 12. The molecule has 10 heteroatoms. The molecule has 0 fully saturated rings. The molecule has 4 rings (SSSR count). The van der Waals surface area contributed by atoms with Crippen molar-refractivity contribution in [1.29, 1.82) is 0 Å². The van der Waals surface area contributed by atoms with E-state index in [4.69, 9.17) is 19.9 Å². The number of primary amides is 1. The van der Waals surface area contributed by atoms with Gasteiger partial charge >= 0.3 is 0 Å². The quantitative estimate of drug-likeness (QED) is 0.281. The number of nitrogens with zero attached hydrogens (tertiary/aromatic N) is 2. The van der Waals surface area contributed by atoms with Crippen molar-refractivity contribution in [3.05, 3.63) is 65.3 Å². The van der Waals surface area contributed by atoms with Crippen LogP contribution in [0.2, 0.25) is 0 Å². The monoisotopic (exact) mass is 496 g/mol. The molecule has 0 saturated carbocycles. The van der Waals surface area contributed by atoms with Crippen LogP contribution in [-0.4, -0.2) is 49.6 Å². The third-order valence-electron chi connectivity index (χ3n) is 5.11. The van der Waals surface area contributed by atoms with Crippen molar-refractivity contribution in [2.45, 2.75) is 6.42 Å².